The van der Waals surface area contributed by atoms with Gasteiger partial charge in [0.15, 0.2) is 0 Å². The Balaban J connectivity index is 0.000000214. The van der Waals surface area contributed by atoms with E-state index in [2.05, 4.69) is 17.5 Å². The highest BCUT2D eigenvalue weighted by atomic mass is 31.2. The van der Waals surface area contributed by atoms with Gasteiger partial charge < -0.3 is 24.5 Å². The number of phenolic OH excluding ortho intramolecular Hbond substituents is 1. The predicted molar refractivity (Wildman–Crippen MR) is 120 cm³/mol. The van der Waals surface area contributed by atoms with Crippen LogP contribution in [0.5, 0.6) is 5.75 Å². The minimum absolute atomic E-state index is 0.0772. The number of rotatable bonds is 4. The third-order valence-electron chi connectivity index (χ3n) is 7.68. The first-order chi connectivity index (χ1) is 14.3. The molecule has 0 aliphatic heterocycles. The van der Waals surface area contributed by atoms with Crippen LogP contribution in [0.1, 0.15) is 56.1 Å². The van der Waals surface area contributed by atoms with Crippen molar-refractivity contribution in [2.45, 2.75) is 57.5 Å². The van der Waals surface area contributed by atoms with Crippen molar-refractivity contribution in [3.8, 4) is 5.75 Å². The summed E-state index contributed by atoms with van der Waals surface area (Å²) in [7, 11) is 1.50. The molecule has 0 spiro atoms. The van der Waals surface area contributed by atoms with Crippen molar-refractivity contribution < 1.29 is 33.6 Å². The lowest BCUT2D eigenvalue weighted by Crippen LogP contribution is -2.43. The Hall–Kier alpha value is -0.950. The van der Waals surface area contributed by atoms with Gasteiger partial charge in [-0.15, -0.1) is 0 Å². The number of nitrogens with zero attached hydrogens (tertiary/aromatic N) is 1. The Labute approximate surface area is 185 Å². The van der Waals surface area contributed by atoms with Crippen LogP contribution in [0, 0.1) is 17.3 Å². The lowest BCUT2D eigenvalue weighted by molar-refractivity contribution is -0.870. The minimum Gasteiger partial charge on any atom is -0.508 e. The van der Waals surface area contributed by atoms with E-state index in [0.29, 0.717) is 28.6 Å². The van der Waals surface area contributed by atoms with E-state index in [1.54, 1.807) is 0 Å². The van der Waals surface area contributed by atoms with Crippen molar-refractivity contribution in [2.75, 3.05) is 34.3 Å². The molecule has 8 heteroatoms. The second-order valence-electron chi connectivity index (χ2n) is 10.8. The Morgan fingerprint density at radius 1 is 1.16 bits per heavy atom. The van der Waals surface area contributed by atoms with Gasteiger partial charge in [-0.05, 0) is 85.0 Å². The summed E-state index contributed by atoms with van der Waals surface area (Å²) in [6, 6.07) is 5.96. The molecule has 0 heterocycles. The molecular formula is C23H39NO6P+. The van der Waals surface area contributed by atoms with Gasteiger partial charge in [-0.2, -0.15) is 0 Å². The number of benzene rings is 1. The molecule has 3 aliphatic carbocycles. The van der Waals surface area contributed by atoms with Crippen LogP contribution in [0.25, 0.3) is 0 Å². The van der Waals surface area contributed by atoms with Crippen molar-refractivity contribution in [1.82, 2.24) is 0 Å². The number of aromatic hydroxyl groups is 1. The van der Waals surface area contributed by atoms with Gasteiger partial charge in [-0.3, -0.25) is 4.52 Å². The standard InChI is InChI=1S/C18H24O2.C5H14NO4P/c1-18-9-8-14-13-5-3-12(19)10-11(13)2-4-15(14)16(18)6-7-17(18)20;1-6(2,3)4-5-10-11(7,8)9/h3,5,10,14-17,19-20H,2,4,6-9H2,1H3;4-5H2,1-3H3,(H-,7,8,9)/p+1/t14-,15-,16+,17+,18+;/m1./s1. The van der Waals surface area contributed by atoms with Crippen LogP contribution in [-0.4, -0.2) is 64.9 Å². The Bertz CT molecular complexity index is 819. The molecule has 3 aliphatic rings. The molecule has 2 fully saturated rings. The Kier molecular flexibility index (Phi) is 7.27. The van der Waals surface area contributed by atoms with Gasteiger partial charge in [0.25, 0.3) is 0 Å². The first-order valence-electron chi connectivity index (χ1n) is 11.3. The maximum absolute atomic E-state index is 10.4. The van der Waals surface area contributed by atoms with Crippen LogP contribution < -0.4 is 0 Å². The summed E-state index contributed by atoms with van der Waals surface area (Å²) in [5.74, 6) is 2.49. The highest BCUT2D eigenvalue weighted by Gasteiger charge is 2.54. The highest BCUT2D eigenvalue weighted by Crippen LogP contribution is 2.60. The third kappa shape index (κ3) is 5.89. The zero-order valence-corrected chi connectivity index (χ0v) is 20.1. The first kappa shape index (κ1) is 24.7. The molecule has 31 heavy (non-hydrogen) atoms. The minimum atomic E-state index is -4.26. The number of aliphatic hydroxyl groups is 1. The SMILES string of the molecule is C[C@]12CC[C@@H]3c4ccc(O)cc4CC[C@H]3[C@@H]1CC[C@@H]2O.C[N+](C)(C)CCOP(=O)(O)O. The van der Waals surface area contributed by atoms with Gasteiger partial charge >= 0.3 is 7.82 Å². The maximum Gasteiger partial charge on any atom is 0.469 e. The molecule has 1 aromatic carbocycles. The molecule has 0 bridgehead atoms. The quantitative estimate of drug-likeness (QED) is 0.409. The Morgan fingerprint density at radius 3 is 2.52 bits per heavy atom. The number of phenols is 1. The number of hydrogen-bond acceptors (Lipinski definition) is 4. The molecule has 7 nitrogen and oxygen atoms in total. The fourth-order valence-electron chi connectivity index (χ4n) is 5.97. The number of fused-ring (bicyclic) bond motifs is 5. The van der Waals surface area contributed by atoms with Crippen LogP contribution in [0.4, 0.5) is 0 Å². The number of phosphoric ester groups is 1. The van der Waals surface area contributed by atoms with Crippen LogP contribution in [0.3, 0.4) is 0 Å². The highest BCUT2D eigenvalue weighted by molar-refractivity contribution is 7.46. The van der Waals surface area contributed by atoms with Crippen molar-refractivity contribution >= 4 is 7.82 Å². The van der Waals surface area contributed by atoms with Gasteiger partial charge in [0.2, 0.25) is 0 Å². The fourth-order valence-corrected chi connectivity index (χ4v) is 6.29. The topological polar surface area (TPSA) is 107 Å². The number of hydrogen-bond donors (Lipinski definition) is 4. The smallest absolute Gasteiger partial charge is 0.469 e. The largest absolute Gasteiger partial charge is 0.508 e. The van der Waals surface area contributed by atoms with Crippen molar-refractivity contribution in [2.24, 2.45) is 17.3 Å². The van der Waals surface area contributed by atoms with Crippen molar-refractivity contribution in [3.05, 3.63) is 29.3 Å². The molecule has 1 aromatic rings. The lowest BCUT2D eigenvalue weighted by Gasteiger charge is -2.50. The fraction of sp³-hybridized carbons (Fsp3) is 0.739. The number of aliphatic hydroxyl groups excluding tert-OH is 1. The van der Waals surface area contributed by atoms with E-state index in [9.17, 15) is 14.8 Å². The molecule has 0 saturated heterocycles. The van der Waals surface area contributed by atoms with Crippen LogP contribution in [-0.2, 0) is 15.5 Å². The first-order valence-corrected chi connectivity index (χ1v) is 12.8. The second-order valence-corrected chi connectivity index (χ2v) is 12.0. The monoisotopic (exact) mass is 456 g/mol. The van der Waals surface area contributed by atoms with E-state index in [1.807, 2.05) is 33.3 Å². The van der Waals surface area contributed by atoms with E-state index < -0.39 is 7.82 Å². The molecule has 0 amide bonds. The average molecular weight is 457 g/mol. The van der Waals surface area contributed by atoms with Gasteiger partial charge in [-0.25, -0.2) is 4.57 Å². The second kappa shape index (κ2) is 9.12. The van der Waals surface area contributed by atoms with Crippen LogP contribution in [0.2, 0.25) is 0 Å². The van der Waals surface area contributed by atoms with Crippen LogP contribution in [0.15, 0.2) is 18.2 Å². The molecule has 4 rings (SSSR count). The molecule has 0 radical (unpaired) electrons. The van der Waals surface area contributed by atoms with Gasteiger partial charge in [0.05, 0.1) is 27.2 Å². The van der Waals surface area contributed by atoms with E-state index in [-0.39, 0.29) is 18.1 Å². The Morgan fingerprint density at radius 2 is 1.87 bits per heavy atom. The van der Waals surface area contributed by atoms with Crippen molar-refractivity contribution in [1.29, 1.82) is 0 Å². The average Bonchev–Trinajstić information content (AvgIpc) is 2.94. The number of quaternary nitrogens is 1. The molecular weight excluding hydrogens is 417 g/mol. The summed E-state index contributed by atoms with van der Waals surface area (Å²) in [5, 5.41) is 20.0. The molecule has 2 saturated carbocycles. The summed E-state index contributed by atoms with van der Waals surface area (Å²) in [4.78, 5) is 16.6. The molecule has 0 unspecified atom stereocenters. The normalized spacial score (nSPS) is 32.4. The number of likely N-dealkylation sites (N-methyl/N-ethyl adjacent to an activating group) is 1. The van der Waals surface area contributed by atoms with E-state index in [1.165, 1.54) is 30.4 Å². The summed E-state index contributed by atoms with van der Waals surface area (Å²) >= 11 is 0. The molecule has 4 N–H and O–H groups in total. The zero-order chi connectivity index (χ0) is 23.0. The van der Waals surface area contributed by atoms with E-state index in [4.69, 9.17) is 9.79 Å². The lowest BCUT2D eigenvalue weighted by atomic mass is 9.55. The third-order valence-corrected chi connectivity index (χ3v) is 8.20. The van der Waals surface area contributed by atoms with Crippen molar-refractivity contribution in [3.63, 3.8) is 0 Å². The van der Waals surface area contributed by atoms with Gasteiger partial charge in [0.1, 0.15) is 18.9 Å². The summed E-state index contributed by atoms with van der Waals surface area (Å²) in [6.07, 6.45) is 6.78. The van der Waals surface area contributed by atoms with E-state index in [0.717, 1.165) is 25.2 Å². The molecule has 176 valence electrons. The molecule has 0 aromatic heterocycles. The summed E-state index contributed by atoms with van der Waals surface area (Å²) in [6.45, 7) is 2.97. The van der Waals surface area contributed by atoms with Gasteiger partial charge in [0, 0.05) is 0 Å². The maximum atomic E-state index is 10.4. The zero-order valence-electron chi connectivity index (χ0n) is 19.2. The van der Waals surface area contributed by atoms with E-state index >= 15 is 0 Å². The van der Waals surface area contributed by atoms with Gasteiger partial charge in [-0.1, -0.05) is 13.0 Å². The van der Waals surface area contributed by atoms with Crippen LogP contribution >= 0.6 is 7.82 Å². The number of aryl methyl sites for hydroxylation is 1. The predicted octanol–water partition coefficient (Wildman–Crippen LogP) is 3.41. The molecule has 5 atom stereocenters. The number of phosphoric acid groups is 1. The summed E-state index contributed by atoms with van der Waals surface area (Å²) in [5.41, 5.74) is 2.99. The summed E-state index contributed by atoms with van der Waals surface area (Å²) < 4.78 is 15.1.